The van der Waals surface area contributed by atoms with Crippen LogP contribution in [-0.2, 0) is 0 Å². The molecule has 0 saturated heterocycles. The number of pyridine rings is 1. The molecule has 0 aliphatic rings. The Kier molecular flexibility index (Phi) is 3.35. The Morgan fingerprint density at radius 2 is 2.12 bits per heavy atom. The van der Waals surface area contributed by atoms with E-state index in [9.17, 15) is 4.39 Å². The number of halogens is 2. The van der Waals surface area contributed by atoms with Crippen molar-refractivity contribution in [2.75, 3.05) is 5.32 Å². The van der Waals surface area contributed by atoms with Crippen LogP contribution in [-0.4, -0.2) is 4.98 Å². The maximum absolute atomic E-state index is 13.4. The van der Waals surface area contributed by atoms with Crippen LogP contribution >= 0.6 is 15.9 Å². The summed E-state index contributed by atoms with van der Waals surface area (Å²) in [6.07, 6.45) is 1.55. The second-order valence-corrected chi connectivity index (χ2v) is 4.18. The van der Waals surface area contributed by atoms with Crippen molar-refractivity contribution in [1.82, 2.24) is 4.98 Å². The number of anilines is 2. The molecule has 84 valence electrons. The Balaban J connectivity index is 2.37. The molecule has 5 heteroatoms. The number of aromatic nitrogens is 1. The van der Waals surface area contributed by atoms with Crippen LogP contribution in [0.25, 0.3) is 0 Å². The van der Waals surface area contributed by atoms with Crippen LogP contribution in [0, 0.1) is 17.1 Å². The van der Waals surface area contributed by atoms with Crippen molar-refractivity contribution in [2.24, 2.45) is 0 Å². The van der Waals surface area contributed by atoms with Gasteiger partial charge in [-0.05, 0) is 34.1 Å². The zero-order valence-electron chi connectivity index (χ0n) is 8.61. The van der Waals surface area contributed by atoms with E-state index < -0.39 is 0 Å². The number of hydrogen-bond acceptors (Lipinski definition) is 3. The second-order valence-electron chi connectivity index (χ2n) is 3.27. The number of benzene rings is 1. The molecule has 0 spiro atoms. The fourth-order valence-corrected chi connectivity index (χ4v) is 1.65. The van der Waals surface area contributed by atoms with Gasteiger partial charge in [0, 0.05) is 10.7 Å². The second kappa shape index (κ2) is 4.93. The lowest BCUT2D eigenvalue weighted by molar-refractivity contribution is 0.632. The number of nitrogens with one attached hydrogen (secondary N) is 1. The number of para-hydroxylation sites is 1. The number of hydrogen-bond donors (Lipinski definition) is 1. The normalized spacial score (nSPS) is 9.71. The monoisotopic (exact) mass is 291 g/mol. The third-order valence-electron chi connectivity index (χ3n) is 2.10. The Hall–Kier alpha value is -1.93. The van der Waals surface area contributed by atoms with Crippen LogP contribution in [0.2, 0.25) is 0 Å². The van der Waals surface area contributed by atoms with Gasteiger partial charge in [-0.25, -0.2) is 9.37 Å². The molecule has 0 bridgehead atoms. The topological polar surface area (TPSA) is 48.7 Å². The smallest absolute Gasteiger partial charge is 0.148 e. The summed E-state index contributed by atoms with van der Waals surface area (Å²) in [6.45, 7) is 0. The van der Waals surface area contributed by atoms with Gasteiger partial charge < -0.3 is 5.32 Å². The van der Waals surface area contributed by atoms with Crippen molar-refractivity contribution in [2.45, 2.75) is 0 Å². The van der Waals surface area contributed by atoms with Gasteiger partial charge in [0.2, 0.25) is 0 Å². The van der Waals surface area contributed by atoms with Crippen LogP contribution < -0.4 is 5.32 Å². The Morgan fingerprint density at radius 3 is 2.82 bits per heavy atom. The summed E-state index contributed by atoms with van der Waals surface area (Å²) < 4.78 is 14.1. The largest absolute Gasteiger partial charge is 0.337 e. The summed E-state index contributed by atoms with van der Waals surface area (Å²) in [4.78, 5) is 4.04. The molecular formula is C12H7BrFN3. The van der Waals surface area contributed by atoms with Gasteiger partial charge in [-0.15, -0.1) is 0 Å². The first-order chi connectivity index (χ1) is 8.20. The molecule has 0 saturated carbocycles. The summed E-state index contributed by atoms with van der Waals surface area (Å²) in [7, 11) is 0. The number of rotatable bonds is 2. The average Bonchev–Trinajstić information content (AvgIpc) is 2.34. The van der Waals surface area contributed by atoms with Crippen molar-refractivity contribution in [1.29, 1.82) is 5.26 Å². The molecule has 2 rings (SSSR count). The third kappa shape index (κ3) is 2.60. The molecule has 0 aliphatic heterocycles. The van der Waals surface area contributed by atoms with Gasteiger partial charge in [0.25, 0.3) is 0 Å². The van der Waals surface area contributed by atoms with Crippen LogP contribution in [0.4, 0.5) is 15.9 Å². The van der Waals surface area contributed by atoms with E-state index in [2.05, 4.69) is 26.2 Å². The van der Waals surface area contributed by atoms with E-state index >= 15 is 0 Å². The summed E-state index contributed by atoms with van der Waals surface area (Å²) in [5.74, 6) is -0.0538. The molecule has 0 amide bonds. The lowest BCUT2D eigenvalue weighted by atomic mass is 10.2. The van der Waals surface area contributed by atoms with Gasteiger partial charge in [-0.1, -0.05) is 12.1 Å². The predicted molar refractivity (Wildman–Crippen MR) is 66.3 cm³/mol. The Morgan fingerprint density at radius 1 is 1.35 bits per heavy atom. The number of nitrogens with zero attached hydrogens (tertiary/aromatic N) is 2. The summed E-state index contributed by atoms with van der Waals surface area (Å²) in [6, 6.07) is 9.85. The standard InChI is InChI=1S/C12H7BrFN3/c13-9-5-8(6-15)12(16-7-9)17-11-4-2-1-3-10(11)14/h1-5,7H,(H,16,17). The average molecular weight is 292 g/mol. The molecular weight excluding hydrogens is 285 g/mol. The fourth-order valence-electron chi connectivity index (χ4n) is 1.31. The first kappa shape index (κ1) is 11.6. The molecule has 0 unspecified atom stereocenters. The molecule has 0 radical (unpaired) electrons. The van der Waals surface area contributed by atoms with Crippen LogP contribution in [0.5, 0.6) is 0 Å². The van der Waals surface area contributed by atoms with E-state index in [1.165, 1.54) is 6.07 Å². The molecule has 1 N–H and O–H groups in total. The zero-order chi connectivity index (χ0) is 12.3. The molecule has 1 heterocycles. The molecule has 17 heavy (non-hydrogen) atoms. The summed E-state index contributed by atoms with van der Waals surface area (Å²) >= 11 is 3.22. The minimum absolute atomic E-state index is 0.291. The maximum Gasteiger partial charge on any atom is 0.148 e. The first-order valence-electron chi connectivity index (χ1n) is 4.78. The van der Waals surface area contributed by atoms with Crippen molar-refractivity contribution in [3.05, 3.63) is 52.4 Å². The van der Waals surface area contributed by atoms with Crippen LogP contribution in [0.1, 0.15) is 5.56 Å². The predicted octanol–water partition coefficient (Wildman–Crippen LogP) is 3.60. The maximum atomic E-state index is 13.4. The van der Waals surface area contributed by atoms with E-state index in [1.807, 2.05) is 6.07 Å². The van der Waals surface area contributed by atoms with Gasteiger partial charge in [-0.2, -0.15) is 5.26 Å². The van der Waals surface area contributed by atoms with Crippen LogP contribution in [0.15, 0.2) is 41.0 Å². The van der Waals surface area contributed by atoms with Gasteiger partial charge in [-0.3, -0.25) is 0 Å². The van der Waals surface area contributed by atoms with Crippen molar-refractivity contribution in [3.63, 3.8) is 0 Å². The van der Waals surface area contributed by atoms with E-state index in [4.69, 9.17) is 5.26 Å². The van der Waals surface area contributed by atoms with Crippen molar-refractivity contribution in [3.8, 4) is 6.07 Å². The zero-order valence-corrected chi connectivity index (χ0v) is 10.2. The van der Waals surface area contributed by atoms with Gasteiger partial charge >= 0.3 is 0 Å². The first-order valence-corrected chi connectivity index (χ1v) is 5.57. The lowest BCUT2D eigenvalue weighted by Crippen LogP contribution is -1.98. The molecule has 1 aromatic heterocycles. The van der Waals surface area contributed by atoms with E-state index in [1.54, 1.807) is 30.5 Å². The highest BCUT2D eigenvalue weighted by Gasteiger charge is 2.07. The Labute approximate surface area is 106 Å². The quantitative estimate of drug-likeness (QED) is 0.920. The molecule has 2 aromatic rings. The van der Waals surface area contributed by atoms with E-state index in [0.717, 1.165) is 0 Å². The summed E-state index contributed by atoms with van der Waals surface area (Å²) in [5, 5.41) is 11.7. The highest BCUT2D eigenvalue weighted by atomic mass is 79.9. The molecule has 3 nitrogen and oxygen atoms in total. The molecule has 1 aromatic carbocycles. The fraction of sp³-hybridized carbons (Fsp3) is 0. The third-order valence-corrected chi connectivity index (χ3v) is 2.54. The minimum Gasteiger partial charge on any atom is -0.337 e. The van der Waals surface area contributed by atoms with E-state index in [-0.39, 0.29) is 5.82 Å². The summed E-state index contributed by atoms with van der Waals surface area (Å²) in [5.41, 5.74) is 0.640. The molecule has 0 aliphatic carbocycles. The van der Waals surface area contributed by atoms with Gasteiger partial charge in [0.05, 0.1) is 11.3 Å². The van der Waals surface area contributed by atoms with E-state index in [0.29, 0.717) is 21.5 Å². The highest BCUT2D eigenvalue weighted by Crippen LogP contribution is 2.22. The van der Waals surface area contributed by atoms with Gasteiger partial charge in [0.1, 0.15) is 17.7 Å². The molecule has 0 atom stereocenters. The molecule has 0 fully saturated rings. The van der Waals surface area contributed by atoms with Crippen molar-refractivity contribution < 1.29 is 4.39 Å². The van der Waals surface area contributed by atoms with Gasteiger partial charge in [0.15, 0.2) is 0 Å². The highest BCUT2D eigenvalue weighted by molar-refractivity contribution is 9.10. The van der Waals surface area contributed by atoms with Crippen molar-refractivity contribution >= 4 is 27.4 Å². The Bertz CT molecular complexity index is 593. The van der Waals surface area contributed by atoms with Crippen LogP contribution in [0.3, 0.4) is 0 Å². The number of nitriles is 1. The minimum atomic E-state index is -0.388. The SMILES string of the molecule is N#Cc1cc(Br)cnc1Nc1ccccc1F. The lowest BCUT2D eigenvalue weighted by Gasteiger charge is -2.07.